The van der Waals surface area contributed by atoms with Gasteiger partial charge in [-0.25, -0.2) is 4.98 Å². The van der Waals surface area contributed by atoms with Crippen molar-refractivity contribution in [1.82, 2.24) is 24.8 Å². The minimum Gasteiger partial charge on any atom is -0.381 e. The molecule has 5 heterocycles. The number of aryl methyl sites for hydroxylation is 1. The molecule has 0 spiro atoms. The van der Waals surface area contributed by atoms with Crippen molar-refractivity contribution in [3.63, 3.8) is 0 Å². The number of likely N-dealkylation sites (tertiary alicyclic amines) is 1. The van der Waals surface area contributed by atoms with Crippen LogP contribution in [0, 0.1) is 6.92 Å². The number of nitrogens with zero attached hydrogens (tertiary/aromatic N) is 4. The summed E-state index contributed by atoms with van der Waals surface area (Å²) >= 11 is 0. The van der Waals surface area contributed by atoms with E-state index in [0.717, 1.165) is 72.6 Å². The van der Waals surface area contributed by atoms with Gasteiger partial charge in [0.25, 0.3) is 5.56 Å². The Balaban J connectivity index is 1.20. The molecule has 47 heavy (non-hydrogen) atoms. The third-order valence-corrected chi connectivity index (χ3v) is 11.1. The molecule has 246 valence electrons. The molecular formula is C35H41N7O4S. The van der Waals surface area contributed by atoms with Gasteiger partial charge in [-0.2, -0.15) is 4.98 Å². The van der Waals surface area contributed by atoms with Crippen LogP contribution < -0.4 is 21.5 Å². The van der Waals surface area contributed by atoms with Crippen molar-refractivity contribution in [3.05, 3.63) is 70.6 Å². The predicted molar refractivity (Wildman–Crippen MR) is 185 cm³/mol. The molecule has 0 radical (unpaired) electrons. The molecule has 12 heteroatoms. The van der Waals surface area contributed by atoms with Crippen molar-refractivity contribution >= 4 is 45.1 Å². The van der Waals surface area contributed by atoms with E-state index in [1.165, 1.54) is 4.57 Å². The Labute approximate surface area is 276 Å². The second-order valence-corrected chi connectivity index (χ2v) is 14.4. The van der Waals surface area contributed by atoms with E-state index in [2.05, 4.69) is 20.9 Å². The highest BCUT2D eigenvalue weighted by atomic mass is 32.2. The maximum atomic E-state index is 14.2. The molecule has 2 aromatic heterocycles. The topological polar surface area (TPSA) is 130 Å². The third kappa shape index (κ3) is 6.95. The van der Waals surface area contributed by atoms with Gasteiger partial charge in [-0.15, -0.1) is 0 Å². The van der Waals surface area contributed by atoms with E-state index in [-0.39, 0.29) is 23.3 Å². The van der Waals surface area contributed by atoms with E-state index in [9.17, 15) is 13.8 Å². The first-order valence-electron chi connectivity index (χ1n) is 16.5. The zero-order valence-electron chi connectivity index (χ0n) is 26.7. The van der Waals surface area contributed by atoms with Crippen LogP contribution >= 0.6 is 0 Å². The van der Waals surface area contributed by atoms with Gasteiger partial charge in [0.15, 0.2) is 0 Å². The van der Waals surface area contributed by atoms with Crippen molar-refractivity contribution < 1.29 is 13.7 Å². The fourth-order valence-corrected chi connectivity index (χ4v) is 8.20. The van der Waals surface area contributed by atoms with Gasteiger partial charge in [0, 0.05) is 77.6 Å². The first-order valence-corrected chi connectivity index (χ1v) is 17.8. The average molecular weight is 656 g/mol. The highest BCUT2D eigenvalue weighted by Crippen LogP contribution is 2.28. The average Bonchev–Trinajstić information content (AvgIpc) is 3.83. The highest BCUT2D eigenvalue weighted by molar-refractivity contribution is 7.85. The van der Waals surface area contributed by atoms with Gasteiger partial charge in [-0.3, -0.25) is 18.4 Å². The largest absolute Gasteiger partial charge is 0.381 e. The predicted octanol–water partition coefficient (Wildman–Crippen LogP) is 4.19. The minimum atomic E-state index is -1.16. The first kappa shape index (κ1) is 31.5. The summed E-state index contributed by atoms with van der Waals surface area (Å²) in [6.45, 7) is 6.44. The summed E-state index contributed by atoms with van der Waals surface area (Å²) in [5.41, 5.74) is 3.99. The lowest BCUT2D eigenvalue weighted by Crippen LogP contribution is -2.35. The van der Waals surface area contributed by atoms with E-state index < -0.39 is 10.8 Å². The van der Waals surface area contributed by atoms with Crippen LogP contribution in [-0.2, 0) is 26.9 Å². The van der Waals surface area contributed by atoms with Gasteiger partial charge < -0.3 is 25.6 Å². The highest BCUT2D eigenvalue weighted by Gasteiger charge is 2.24. The molecular weight excluding hydrogens is 614 g/mol. The maximum Gasteiger partial charge on any atom is 0.260 e. The molecule has 3 saturated heterocycles. The normalized spacial score (nSPS) is 19.3. The fourth-order valence-electron chi connectivity index (χ4n) is 6.70. The number of hydrogen-bond acceptors (Lipinski definition) is 9. The minimum absolute atomic E-state index is 0.0625. The molecule has 3 aliphatic heterocycles. The van der Waals surface area contributed by atoms with E-state index in [1.807, 2.05) is 54.3 Å². The number of carbonyl (C=O) groups excluding carboxylic acids is 1. The lowest BCUT2D eigenvalue weighted by atomic mass is 10.0. The monoisotopic (exact) mass is 655 g/mol. The Morgan fingerprint density at radius 3 is 2.51 bits per heavy atom. The van der Waals surface area contributed by atoms with Gasteiger partial charge >= 0.3 is 0 Å². The van der Waals surface area contributed by atoms with Gasteiger partial charge in [0.2, 0.25) is 11.9 Å². The number of pyridine rings is 1. The summed E-state index contributed by atoms with van der Waals surface area (Å²) in [6, 6.07) is 15.8. The molecule has 3 fully saturated rings. The van der Waals surface area contributed by atoms with E-state index >= 15 is 0 Å². The number of hydrogen-bond donors (Lipinski definition) is 3. The van der Waals surface area contributed by atoms with Crippen LogP contribution in [0.1, 0.15) is 37.7 Å². The zero-order chi connectivity index (χ0) is 32.3. The number of amides is 1. The van der Waals surface area contributed by atoms with Gasteiger partial charge in [-0.1, -0.05) is 6.07 Å². The molecule has 1 amide bonds. The van der Waals surface area contributed by atoms with E-state index in [4.69, 9.17) is 9.72 Å². The second kappa shape index (κ2) is 13.9. The molecule has 2 unspecified atom stereocenters. The lowest BCUT2D eigenvalue weighted by Gasteiger charge is -2.22. The van der Waals surface area contributed by atoms with Crippen molar-refractivity contribution in [1.29, 1.82) is 0 Å². The van der Waals surface area contributed by atoms with E-state index in [1.54, 1.807) is 12.3 Å². The lowest BCUT2D eigenvalue weighted by molar-refractivity contribution is -0.130. The Hall–Kier alpha value is -4.13. The maximum absolute atomic E-state index is 14.2. The van der Waals surface area contributed by atoms with Crippen LogP contribution in [0.2, 0.25) is 0 Å². The number of nitrogens with one attached hydrogen (secondary N) is 3. The van der Waals surface area contributed by atoms with Gasteiger partial charge in [0.1, 0.15) is 12.2 Å². The Bertz CT molecular complexity index is 1840. The molecule has 2 atom stereocenters. The van der Waals surface area contributed by atoms with Gasteiger partial charge in [0.05, 0.1) is 10.8 Å². The van der Waals surface area contributed by atoms with Crippen molar-refractivity contribution in [2.45, 2.75) is 61.8 Å². The number of rotatable bonds is 9. The molecule has 0 bridgehead atoms. The van der Waals surface area contributed by atoms with Crippen molar-refractivity contribution in [2.75, 3.05) is 50.0 Å². The summed E-state index contributed by atoms with van der Waals surface area (Å²) in [6.07, 6.45) is 6.25. The summed E-state index contributed by atoms with van der Waals surface area (Å²) in [5.74, 6) is 0.236. The molecule has 7 rings (SSSR count). The number of benzene rings is 2. The van der Waals surface area contributed by atoms with Crippen LogP contribution in [0.15, 0.2) is 64.4 Å². The molecule has 3 aliphatic rings. The molecule has 2 aromatic carbocycles. The summed E-state index contributed by atoms with van der Waals surface area (Å²) in [5, 5.41) is 10.9. The van der Waals surface area contributed by atoms with Crippen LogP contribution in [0.3, 0.4) is 0 Å². The first-order chi connectivity index (χ1) is 22.9. The fraction of sp³-hybridized carbons (Fsp3) is 0.429. The molecule has 3 N–H and O–H groups in total. The molecule has 4 aromatic rings. The van der Waals surface area contributed by atoms with Crippen molar-refractivity contribution in [3.8, 4) is 11.1 Å². The van der Waals surface area contributed by atoms with Gasteiger partial charge in [-0.05, 0) is 99.2 Å². The third-order valence-electron chi connectivity index (χ3n) is 9.34. The van der Waals surface area contributed by atoms with Crippen molar-refractivity contribution in [2.24, 2.45) is 0 Å². The molecule has 0 saturated carbocycles. The molecule has 11 nitrogen and oxygen atoms in total. The second-order valence-electron chi connectivity index (χ2n) is 12.6. The number of anilines is 3. The van der Waals surface area contributed by atoms with E-state index in [0.29, 0.717) is 54.9 Å². The molecule has 0 aliphatic carbocycles. The van der Waals surface area contributed by atoms with Crippen LogP contribution in [0.5, 0.6) is 0 Å². The number of aromatic nitrogens is 3. The number of carbonyl (C=O) groups is 1. The Kier molecular flexibility index (Phi) is 9.32. The Morgan fingerprint density at radius 2 is 1.79 bits per heavy atom. The number of fused-ring (bicyclic) bond motifs is 1. The SMILES string of the molecule is Cc1cc(S(=O)C2CCOCC2)ccc1-c1cc2cnc(Nc3ccc(NC4CCNC4)cc3)nc2n(CC(=O)N2CCCC2)c1=O. The smallest absolute Gasteiger partial charge is 0.260 e. The van der Waals surface area contributed by atoms with Crippen LogP contribution in [-0.4, -0.2) is 80.2 Å². The Morgan fingerprint density at radius 1 is 1.02 bits per heavy atom. The number of ether oxygens (including phenoxy) is 1. The zero-order valence-corrected chi connectivity index (χ0v) is 27.5. The van der Waals surface area contributed by atoms with Crippen LogP contribution in [0.25, 0.3) is 22.2 Å². The summed E-state index contributed by atoms with van der Waals surface area (Å²) in [4.78, 5) is 39.5. The standard InChI is InChI=1S/C35H41N7O4S/c1-23-18-29(47(45)28-11-16-46-17-12-28)8-9-30(23)31-19-24-20-37-35(39-26-6-4-25(5-7-26)38-27-10-13-36-21-27)40-33(24)42(34(31)44)22-32(43)41-14-2-3-15-41/h4-9,18-20,27-28,36,38H,2-3,10-17,21-22H2,1H3,(H,37,39,40). The van der Waals surface area contributed by atoms with Crippen LogP contribution in [0.4, 0.5) is 17.3 Å². The summed E-state index contributed by atoms with van der Waals surface area (Å²) in [7, 11) is -1.16. The quantitative estimate of drug-likeness (QED) is 0.243. The summed E-state index contributed by atoms with van der Waals surface area (Å²) < 4.78 is 20.2.